The van der Waals surface area contributed by atoms with Crippen molar-refractivity contribution in [3.63, 3.8) is 0 Å². The topological polar surface area (TPSA) is 144 Å². The van der Waals surface area contributed by atoms with Crippen LogP contribution in [0.1, 0.15) is 22.3 Å². The van der Waals surface area contributed by atoms with Gasteiger partial charge in [0.1, 0.15) is 11.6 Å². The smallest absolute Gasteiger partial charge is 0.335 e. The van der Waals surface area contributed by atoms with E-state index in [-0.39, 0.29) is 22.9 Å². The van der Waals surface area contributed by atoms with E-state index in [0.29, 0.717) is 30.8 Å². The molecule has 1 aromatic heterocycles. The molecule has 116 valence electrons. The van der Waals surface area contributed by atoms with E-state index in [1.807, 2.05) is 0 Å². The molecule has 0 spiro atoms. The maximum absolute atomic E-state index is 11.7. The van der Waals surface area contributed by atoms with Crippen molar-refractivity contribution in [2.75, 3.05) is 18.1 Å². The van der Waals surface area contributed by atoms with Crippen LogP contribution in [-0.4, -0.2) is 27.7 Å². The van der Waals surface area contributed by atoms with Gasteiger partial charge in [-0.05, 0) is 37.1 Å². The van der Waals surface area contributed by atoms with Crippen molar-refractivity contribution in [1.29, 1.82) is 0 Å². The first-order valence-electron chi connectivity index (χ1n) is 6.57. The van der Waals surface area contributed by atoms with Crippen LogP contribution in [0, 0.1) is 0 Å². The number of hydrogen-bond donors (Lipinski definition) is 4. The summed E-state index contributed by atoms with van der Waals surface area (Å²) in [6.45, 7) is 0.357. The number of rotatable bonds is 6. The summed E-state index contributed by atoms with van der Waals surface area (Å²) in [6.07, 6.45) is 0.960. The Morgan fingerprint density at radius 2 is 1.95 bits per heavy atom. The quantitative estimate of drug-likeness (QED) is 0.573. The Morgan fingerprint density at radius 3 is 2.55 bits per heavy atom. The summed E-state index contributed by atoms with van der Waals surface area (Å²) >= 11 is 0. The lowest BCUT2D eigenvalue weighted by Crippen LogP contribution is -2.19. The highest BCUT2D eigenvalue weighted by Crippen LogP contribution is 2.13. The van der Waals surface area contributed by atoms with Gasteiger partial charge >= 0.3 is 5.97 Å². The lowest BCUT2D eigenvalue weighted by atomic mass is 10.2. The Hall–Kier alpha value is -3.03. The molecule has 0 radical (unpaired) electrons. The highest BCUT2D eigenvalue weighted by Gasteiger charge is 2.08. The van der Waals surface area contributed by atoms with Gasteiger partial charge in [-0.1, -0.05) is 0 Å². The van der Waals surface area contributed by atoms with Crippen LogP contribution in [0.5, 0.6) is 5.75 Å². The van der Waals surface area contributed by atoms with Gasteiger partial charge in [0, 0.05) is 0 Å². The predicted molar refractivity (Wildman–Crippen MR) is 80.9 cm³/mol. The van der Waals surface area contributed by atoms with E-state index in [1.165, 1.54) is 12.1 Å². The maximum atomic E-state index is 11.7. The molecule has 0 unspecified atom stereocenters. The molecule has 0 amide bonds. The second-order valence-corrected chi connectivity index (χ2v) is 4.60. The van der Waals surface area contributed by atoms with Crippen LogP contribution >= 0.6 is 0 Å². The number of anilines is 2. The molecule has 0 atom stereocenters. The first-order chi connectivity index (χ1) is 10.5. The number of nitrogens with two attached hydrogens (primary N) is 2. The van der Waals surface area contributed by atoms with Crippen LogP contribution in [0.4, 0.5) is 11.8 Å². The summed E-state index contributed by atoms with van der Waals surface area (Å²) in [7, 11) is 0. The number of carboxylic acids is 1. The fourth-order valence-electron chi connectivity index (χ4n) is 1.91. The summed E-state index contributed by atoms with van der Waals surface area (Å²) in [5.74, 6) is -0.326. The number of nitrogen functional groups attached to an aromatic ring is 2. The summed E-state index contributed by atoms with van der Waals surface area (Å²) < 4.78 is 5.47. The van der Waals surface area contributed by atoms with Crippen molar-refractivity contribution in [1.82, 2.24) is 9.97 Å². The van der Waals surface area contributed by atoms with Gasteiger partial charge in [0.15, 0.2) is 0 Å². The van der Waals surface area contributed by atoms with Crippen LogP contribution in [0.3, 0.4) is 0 Å². The van der Waals surface area contributed by atoms with Crippen LogP contribution < -0.4 is 21.8 Å². The molecule has 2 rings (SSSR count). The highest BCUT2D eigenvalue weighted by molar-refractivity contribution is 5.87. The van der Waals surface area contributed by atoms with E-state index in [9.17, 15) is 9.59 Å². The number of H-pyrrole nitrogens is 1. The van der Waals surface area contributed by atoms with Crippen LogP contribution in [0.2, 0.25) is 0 Å². The zero-order valence-electron chi connectivity index (χ0n) is 11.7. The van der Waals surface area contributed by atoms with Gasteiger partial charge in [-0.25, -0.2) is 4.79 Å². The predicted octanol–water partition coefficient (Wildman–Crippen LogP) is 0.644. The Bertz CT molecular complexity index is 725. The molecule has 0 aliphatic heterocycles. The molecular weight excluding hydrogens is 288 g/mol. The fraction of sp³-hybridized carbons (Fsp3) is 0.214. The summed E-state index contributed by atoms with van der Waals surface area (Å²) in [4.78, 5) is 28.6. The van der Waals surface area contributed by atoms with Gasteiger partial charge in [-0.2, -0.15) is 4.98 Å². The molecule has 0 aliphatic rings. The molecule has 2 aromatic rings. The molecule has 1 aromatic carbocycles. The minimum Gasteiger partial charge on any atom is -0.494 e. The monoisotopic (exact) mass is 304 g/mol. The first kappa shape index (κ1) is 15.4. The number of benzene rings is 1. The summed E-state index contributed by atoms with van der Waals surface area (Å²) in [6, 6.07) is 6.08. The third kappa shape index (κ3) is 3.75. The minimum atomic E-state index is -0.989. The molecule has 22 heavy (non-hydrogen) atoms. The number of nitrogens with zero attached hydrogens (tertiary/aromatic N) is 1. The number of ether oxygens (including phenoxy) is 1. The number of aromatic carboxylic acids is 1. The number of carboxylic acid groups (broad SMARTS) is 1. The lowest BCUT2D eigenvalue weighted by Gasteiger charge is -2.07. The second kappa shape index (κ2) is 6.61. The number of aromatic nitrogens is 2. The maximum Gasteiger partial charge on any atom is 0.335 e. The molecule has 0 aliphatic carbocycles. The first-order valence-corrected chi connectivity index (χ1v) is 6.57. The van der Waals surface area contributed by atoms with E-state index in [4.69, 9.17) is 21.3 Å². The van der Waals surface area contributed by atoms with E-state index in [1.54, 1.807) is 12.1 Å². The third-order valence-corrected chi connectivity index (χ3v) is 3.01. The average Bonchev–Trinajstić information content (AvgIpc) is 2.46. The standard InChI is InChI=1S/C14H16N4O4/c15-11-10(12(19)18-14(16)17-11)2-1-7-22-9-5-3-8(4-6-9)13(20)21/h3-6H,1-2,7H2,(H,20,21)(H5,15,16,17,18,19). The van der Waals surface area contributed by atoms with E-state index in [0.717, 1.165) is 0 Å². The largest absolute Gasteiger partial charge is 0.494 e. The van der Waals surface area contributed by atoms with E-state index >= 15 is 0 Å². The fourth-order valence-corrected chi connectivity index (χ4v) is 1.91. The second-order valence-electron chi connectivity index (χ2n) is 4.60. The van der Waals surface area contributed by atoms with E-state index in [2.05, 4.69) is 9.97 Å². The molecule has 8 heteroatoms. The normalized spacial score (nSPS) is 10.4. The Balaban J connectivity index is 1.87. The minimum absolute atomic E-state index is 0.0129. The number of hydrogen-bond acceptors (Lipinski definition) is 6. The molecule has 0 bridgehead atoms. The lowest BCUT2D eigenvalue weighted by molar-refractivity contribution is 0.0697. The number of nitrogens with one attached hydrogen (secondary N) is 1. The zero-order valence-corrected chi connectivity index (χ0v) is 11.7. The van der Waals surface area contributed by atoms with Crippen molar-refractivity contribution >= 4 is 17.7 Å². The average molecular weight is 304 g/mol. The SMILES string of the molecule is Nc1nc(N)c(CCCOc2ccc(C(=O)O)cc2)c(=O)[nH]1. The third-order valence-electron chi connectivity index (χ3n) is 3.01. The van der Waals surface area contributed by atoms with Crippen molar-refractivity contribution in [3.8, 4) is 5.75 Å². The number of aromatic amines is 1. The Morgan fingerprint density at radius 1 is 1.27 bits per heavy atom. The van der Waals surface area contributed by atoms with Gasteiger partial charge in [0.2, 0.25) is 5.95 Å². The molecular formula is C14H16N4O4. The van der Waals surface area contributed by atoms with Crippen molar-refractivity contribution < 1.29 is 14.6 Å². The van der Waals surface area contributed by atoms with Gasteiger partial charge in [-0.3, -0.25) is 9.78 Å². The highest BCUT2D eigenvalue weighted by atomic mass is 16.5. The molecule has 8 nitrogen and oxygen atoms in total. The molecule has 1 heterocycles. The van der Waals surface area contributed by atoms with Crippen molar-refractivity contribution in [2.24, 2.45) is 0 Å². The van der Waals surface area contributed by atoms with Gasteiger partial charge in [0.25, 0.3) is 5.56 Å². The van der Waals surface area contributed by atoms with Crippen LogP contribution in [0.25, 0.3) is 0 Å². The Kier molecular flexibility index (Phi) is 4.62. The van der Waals surface area contributed by atoms with Crippen molar-refractivity contribution in [3.05, 3.63) is 45.7 Å². The van der Waals surface area contributed by atoms with Gasteiger partial charge in [-0.15, -0.1) is 0 Å². The Labute approximate surface area is 125 Å². The van der Waals surface area contributed by atoms with Gasteiger partial charge in [0.05, 0.1) is 17.7 Å². The van der Waals surface area contributed by atoms with Crippen molar-refractivity contribution in [2.45, 2.75) is 12.8 Å². The molecule has 0 saturated carbocycles. The zero-order chi connectivity index (χ0) is 16.1. The van der Waals surface area contributed by atoms with E-state index < -0.39 is 5.97 Å². The number of carbonyl (C=O) groups is 1. The van der Waals surface area contributed by atoms with Gasteiger partial charge < -0.3 is 21.3 Å². The summed E-state index contributed by atoms with van der Waals surface area (Å²) in [5, 5.41) is 8.79. The molecule has 0 fully saturated rings. The molecule has 0 saturated heterocycles. The van der Waals surface area contributed by atoms with Crippen LogP contribution in [0.15, 0.2) is 29.1 Å². The van der Waals surface area contributed by atoms with Crippen LogP contribution in [-0.2, 0) is 6.42 Å². The summed E-state index contributed by atoms with van der Waals surface area (Å²) in [5.41, 5.74) is 11.2. The molecule has 6 N–H and O–H groups in total.